The first kappa shape index (κ1) is 32.7. The zero-order valence-electron chi connectivity index (χ0n) is 28.5. The summed E-state index contributed by atoms with van der Waals surface area (Å²) < 4.78 is 2.01. The molecule has 0 aliphatic carbocycles. The maximum atomic E-state index is 12.8. The average molecular weight is 694 g/mol. The number of hydrogen-bond acceptors (Lipinski definition) is 8. The highest BCUT2D eigenvalue weighted by molar-refractivity contribution is 5.82. The molecule has 262 valence electrons. The van der Waals surface area contributed by atoms with Crippen LogP contribution in [0.2, 0.25) is 0 Å². The molecule has 3 atom stereocenters. The quantitative estimate of drug-likeness (QED) is 0.146. The number of hydrogen-bond donors (Lipinski definition) is 4. The molecule has 0 radical (unpaired) electrons. The molecule has 2 amide bonds. The van der Waals surface area contributed by atoms with Crippen molar-refractivity contribution in [3.8, 4) is 0 Å². The largest absolute Gasteiger partial charge is 0.370 e. The molecule has 3 aromatic heterocycles. The van der Waals surface area contributed by atoms with E-state index in [2.05, 4.69) is 71.8 Å². The number of carbonyl (C=O) groups excluding carboxylic acids is 2. The number of nitrogens with one attached hydrogen (secondary N) is 2. The van der Waals surface area contributed by atoms with Gasteiger partial charge in [-0.25, -0.2) is 4.98 Å². The summed E-state index contributed by atoms with van der Waals surface area (Å²) in [7, 11) is 0. The first-order valence-electron chi connectivity index (χ1n) is 17.4. The van der Waals surface area contributed by atoms with Gasteiger partial charge < -0.3 is 25.8 Å². The van der Waals surface area contributed by atoms with E-state index in [4.69, 9.17) is 16.5 Å². The lowest BCUT2D eigenvalue weighted by molar-refractivity contribution is -0.118. The first-order valence-corrected chi connectivity index (χ1v) is 17.4. The summed E-state index contributed by atoms with van der Waals surface area (Å²) in [6, 6.07) is 32.6. The first-order chi connectivity index (χ1) is 25.4. The number of piperazine rings is 1. The summed E-state index contributed by atoms with van der Waals surface area (Å²) in [5, 5.41) is 19.7. The Bertz CT molecular complexity index is 2330. The van der Waals surface area contributed by atoms with E-state index in [0.717, 1.165) is 55.8 Å². The monoisotopic (exact) mass is 693 g/mol. The van der Waals surface area contributed by atoms with Crippen LogP contribution in [-0.4, -0.2) is 72.1 Å². The van der Waals surface area contributed by atoms with Gasteiger partial charge in [0.15, 0.2) is 0 Å². The minimum absolute atomic E-state index is 0.00756. The molecule has 1 saturated heterocycles. The zero-order chi connectivity index (χ0) is 35.6. The fourth-order valence-corrected chi connectivity index (χ4v) is 7.73. The van der Waals surface area contributed by atoms with Gasteiger partial charge >= 0.3 is 0 Å². The van der Waals surface area contributed by atoms with Crippen molar-refractivity contribution in [2.45, 2.75) is 43.8 Å². The molecule has 8 rings (SSSR count). The maximum absolute atomic E-state index is 12.8. The van der Waals surface area contributed by atoms with E-state index in [1.165, 1.54) is 0 Å². The van der Waals surface area contributed by atoms with Gasteiger partial charge in [0, 0.05) is 47.9 Å². The van der Waals surface area contributed by atoms with Crippen molar-refractivity contribution in [2.75, 3.05) is 22.9 Å². The Morgan fingerprint density at radius 3 is 2.44 bits per heavy atom. The third-order valence-electron chi connectivity index (χ3n) is 10.1. The summed E-state index contributed by atoms with van der Waals surface area (Å²) in [5.74, 6) is -1.06. The molecule has 3 unspecified atom stereocenters. The molecule has 6 N–H and O–H groups in total. The van der Waals surface area contributed by atoms with Gasteiger partial charge in [-0.1, -0.05) is 60.7 Å². The molecule has 4 aromatic carbocycles. The number of primary amides is 2. The predicted octanol–water partition coefficient (Wildman–Crippen LogP) is 4.27. The van der Waals surface area contributed by atoms with Crippen LogP contribution >= 0.6 is 0 Å². The summed E-state index contributed by atoms with van der Waals surface area (Å²) >= 11 is 0. The maximum Gasteiger partial charge on any atom is 0.223 e. The molecule has 0 bridgehead atoms. The van der Waals surface area contributed by atoms with E-state index >= 15 is 0 Å². The van der Waals surface area contributed by atoms with Crippen molar-refractivity contribution < 1.29 is 9.59 Å². The fourth-order valence-electron chi connectivity index (χ4n) is 7.73. The summed E-state index contributed by atoms with van der Waals surface area (Å²) in [6.45, 7) is 1.64. The van der Waals surface area contributed by atoms with Crippen LogP contribution in [-0.2, 0) is 22.6 Å². The van der Waals surface area contributed by atoms with Crippen LogP contribution in [0, 0.1) is 0 Å². The Hall–Kier alpha value is -6.50. The van der Waals surface area contributed by atoms with Gasteiger partial charge in [0.1, 0.15) is 11.0 Å². The van der Waals surface area contributed by atoms with Crippen LogP contribution in [0.15, 0.2) is 110 Å². The molecule has 7 aromatic rings. The smallest absolute Gasteiger partial charge is 0.223 e. The standard InChI is InChI=1S/C39H39N11O2/c40-35(51)17-15-30-22-50(28-11-5-2-6-12-28)34(23-49(30)29-14-16-31-27(18-29)20-43-44-31)37(25-8-3-1-4-9-25)39-33(19-36(41)52)48(24-42-39)21-26-10-7-13-32-38(26)46-47-45-32/h1-14,16,18,20,24,30,34,37H,15,17,19,21-23H2,(H2,40,51)(H2,41,52)(H,43,44)(H,45,46,47). The Morgan fingerprint density at radius 1 is 0.846 bits per heavy atom. The molecule has 1 aliphatic heterocycles. The molecular formula is C39H39N11O2. The Balaban J connectivity index is 1.28. The second-order valence-corrected chi connectivity index (χ2v) is 13.4. The van der Waals surface area contributed by atoms with Crippen LogP contribution in [0.3, 0.4) is 0 Å². The molecule has 13 nitrogen and oxygen atoms in total. The third-order valence-corrected chi connectivity index (χ3v) is 10.1. The number of para-hydroxylation sites is 2. The lowest BCUT2D eigenvalue weighted by Gasteiger charge is -2.51. The normalized spacial score (nSPS) is 16.8. The van der Waals surface area contributed by atoms with E-state index in [0.29, 0.717) is 26.1 Å². The number of nitrogens with zero attached hydrogens (tertiary/aromatic N) is 7. The van der Waals surface area contributed by atoms with Crippen LogP contribution in [0.5, 0.6) is 0 Å². The van der Waals surface area contributed by atoms with E-state index in [-0.39, 0.29) is 36.8 Å². The number of aromatic amines is 2. The van der Waals surface area contributed by atoms with E-state index in [9.17, 15) is 9.59 Å². The van der Waals surface area contributed by atoms with E-state index in [1.54, 1.807) is 6.33 Å². The van der Waals surface area contributed by atoms with Crippen LogP contribution in [0.4, 0.5) is 11.4 Å². The second kappa shape index (κ2) is 14.0. The van der Waals surface area contributed by atoms with Gasteiger partial charge in [-0.3, -0.25) is 14.7 Å². The van der Waals surface area contributed by atoms with Crippen molar-refractivity contribution in [1.82, 2.24) is 35.2 Å². The fraction of sp³-hybridized carbons (Fsp3) is 0.231. The van der Waals surface area contributed by atoms with Crippen molar-refractivity contribution >= 4 is 45.1 Å². The van der Waals surface area contributed by atoms with Gasteiger partial charge in [-0.15, -0.1) is 0 Å². The number of benzene rings is 4. The summed E-state index contributed by atoms with van der Waals surface area (Å²) in [4.78, 5) is 34.9. The minimum atomic E-state index is -0.445. The number of rotatable bonds is 12. The number of anilines is 2. The topological polar surface area (TPSA) is 181 Å². The lowest BCUT2D eigenvalue weighted by atomic mass is 9.83. The third kappa shape index (κ3) is 6.43. The number of nitrogens with two attached hydrogens (primary N) is 2. The highest BCUT2D eigenvalue weighted by Crippen LogP contribution is 2.40. The number of imidazole rings is 1. The van der Waals surface area contributed by atoms with Crippen LogP contribution in [0.1, 0.15) is 41.3 Å². The number of amides is 2. The highest BCUT2D eigenvalue weighted by Gasteiger charge is 2.41. The van der Waals surface area contributed by atoms with Crippen molar-refractivity contribution in [2.24, 2.45) is 11.5 Å². The molecule has 0 saturated carbocycles. The zero-order valence-corrected chi connectivity index (χ0v) is 28.5. The molecule has 1 fully saturated rings. The average Bonchev–Trinajstić information content (AvgIpc) is 3.93. The second-order valence-electron chi connectivity index (χ2n) is 13.4. The number of carbonyl (C=O) groups is 2. The SMILES string of the molecule is NC(=O)CCC1CN(c2ccccc2)C(C(c2ccccc2)c2ncn(Cc3cccc4n[nH]nc34)c2CC(N)=O)CN1c1ccc2[nH]ncc2c1. The Kier molecular flexibility index (Phi) is 8.81. The molecule has 4 heterocycles. The molecular weight excluding hydrogens is 655 g/mol. The van der Waals surface area contributed by atoms with Crippen LogP contribution in [0.25, 0.3) is 21.9 Å². The van der Waals surface area contributed by atoms with Gasteiger partial charge in [0.2, 0.25) is 11.8 Å². The van der Waals surface area contributed by atoms with Gasteiger partial charge in [-0.2, -0.15) is 20.5 Å². The number of aromatic nitrogens is 7. The molecule has 13 heteroatoms. The van der Waals surface area contributed by atoms with Crippen LogP contribution < -0.4 is 21.3 Å². The van der Waals surface area contributed by atoms with E-state index < -0.39 is 5.91 Å². The molecule has 52 heavy (non-hydrogen) atoms. The Morgan fingerprint density at radius 2 is 1.65 bits per heavy atom. The predicted molar refractivity (Wildman–Crippen MR) is 200 cm³/mol. The minimum Gasteiger partial charge on any atom is -0.370 e. The Labute approximate surface area is 299 Å². The summed E-state index contributed by atoms with van der Waals surface area (Å²) in [6.07, 6.45) is 4.48. The summed E-state index contributed by atoms with van der Waals surface area (Å²) in [5.41, 5.74) is 19.8. The number of fused-ring (bicyclic) bond motifs is 2. The van der Waals surface area contributed by atoms with Gasteiger partial charge in [0.25, 0.3) is 0 Å². The van der Waals surface area contributed by atoms with Crippen molar-refractivity contribution in [3.05, 3.63) is 132 Å². The van der Waals surface area contributed by atoms with Gasteiger partial charge in [0.05, 0.1) is 54.4 Å². The molecule has 0 spiro atoms. The number of H-pyrrole nitrogens is 2. The van der Waals surface area contributed by atoms with Crippen molar-refractivity contribution in [1.29, 1.82) is 0 Å². The van der Waals surface area contributed by atoms with Gasteiger partial charge in [-0.05, 0) is 48.4 Å². The molecule has 1 aliphatic rings. The highest BCUT2D eigenvalue weighted by atomic mass is 16.1. The van der Waals surface area contributed by atoms with Crippen molar-refractivity contribution in [3.63, 3.8) is 0 Å². The lowest BCUT2D eigenvalue weighted by Crippen LogP contribution is -2.61. The van der Waals surface area contributed by atoms with E-state index in [1.807, 2.05) is 71.4 Å².